The van der Waals surface area contributed by atoms with Crippen molar-refractivity contribution in [1.82, 2.24) is 14.3 Å². The number of hydrogen-bond donors (Lipinski definition) is 0. The highest BCUT2D eigenvalue weighted by Crippen LogP contribution is 2.34. The van der Waals surface area contributed by atoms with Crippen LogP contribution in [0.3, 0.4) is 0 Å². The van der Waals surface area contributed by atoms with Gasteiger partial charge in [-0.15, -0.1) is 11.8 Å². The smallest absolute Gasteiger partial charge is 0.346 e. The number of carbonyl (C=O) groups is 1. The van der Waals surface area contributed by atoms with Crippen LogP contribution >= 0.6 is 11.8 Å². The maximum atomic E-state index is 13.1. The van der Waals surface area contributed by atoms with Crippen molar-refractivity contribution < 1.29 is 9.53 Å². The van der Waals surface area contributed by atoms with Gasteiger partial charge in [0.15, 0.2) is 0 Å². The number of nitrogens with zero attached hydrogens (tertiary/aromatic N) is 3. The molecule has 0 aliphatic heterocycles. The zero-order chi connectivity index (χ0) is 29.7. The fraction of sp³-hybridized carbons (Fsp3) is 0.545. The predicted octanol–water partition coefficient (Wildman–Crippen LogP) is 7.19. The SMILES string of the molecule is CCCn1c(CCCc2ccc(SC(C)(C)C(=O)OC(C)(C)C)cc2)nn(Cc2ccc(C(C)(C)C)cc2)c1=O. The van der Waals surface area contributed by atoms with E-state index in [4.69, 9.17) is 9.84 Å². The molecule has 0 radical (unpaired) electrons. The van der Waals surface area contributed by atoms with Gasteiger partial charge >= 0.3 is 11.7 Å². The maximum absolute atomic E-state index is 13.1. The molecule has 0 saturated heterocycles. The molecule has 218 valence electrons. The first-order valence-corrected chi connectivity index (χ1v) is 15.2. The fourth-order valence-corrected chi connectivity index (χ4v) is 5.40. The number of rotatable bonds is 11. The van der Waals surface area contributed by atoms with E-state index in [0.717, 1.165) is 42.0 Å². The molecule has 0 atom stereocenters. The van der Waals surface area contributed by atoms with Gasteiger partial charge in [-0.05, 0) is 88.1 Å². The third-order valence-electron chi connectivity index (χ3n) is 6.65. The van der Waals surface area contributed by atoms with Crippen LogP contribution in [0.4, 0.5) is 0 Å². The monoisotopic (exact) mass is 565 g/mol. The molecule has 1 aromatic heterocycles. The van der Waals surface area contributed by atoms with E-state index >= 15 is 0 Å². The van der Waals surface area contributed by atoms with Crippen molar-refractivity contribution in [2.75, 3.05) is 0 Å². The number of ether oxygens (including phenoxy) is 1. The quantitative estimate of drug-likeness (QED) is 0.182. The van der Waals surface area contributed by atoms with Gasteiger partial charge in [0.1, 0.15) is 16.2 Å². The van der Waals surface area contributed by atoms with Crippen molar-refractivity contribution in [3.63, 3.8) is 0 Å². The maximum Gasteiger partial charge on any atom is 0.346 e. The van der Waals surface area contributed by atoms with Crippen LogP contribution in [0.1, 0.15) is 97.7 Å². The topological polar surface area (TPSA) is 66.1 Å². The molecule has 2 aromatic carbocycles. The van der Waals surface area contributed by atoms with Gasteiger partial charge in [0.25, 0.3) is 0 Å². The average molecular weight is 566 g/mol. The summed E-state index contributed by atoms with van der Waals surface area (Å²) < 4.78 is 8.36. The number of aryl methyl sites for hydroxylation is 2. The van der Waals surface area contributed by atoms with Crippen LogP contribution in [0.2, 0.25) is 0 Å². The van der Waals surface area contributed by atoms with E-state index in [-0.39, 0.29) is 17.1 Å². The Morgan fingerprint density at radius 2 is 1.48 bits per heavy atom. The van der Waals surface area contributed by atoms with Gasteiger partial charge in [0, 0.05) is 17.9 Å². The highest BCUT2D eigenvalue weighted by Gasteiger charge is 2.33. The first-order chi connectivity index (χ1) is 18.6. The number of esters is 1. The van der Waals surface area contributed by atoms with Crippen LogP contribution in [-0.2, 0) is 40.9 Å². The minimum absolute atomic E-state index is 0.0364. The predicted molar refractivity (Wildman–Crippen MR) is 165 cm³/mol. The second kappa shape index (κ2) is 12.8. The normalized spacial score (nSPS) is 12.5. The Morgan fingerprint density at radius 3 is 2.02 bits per heavy atom. The van der Waals surface area contributed by atoms with Gasteiger partial charge < -0.3 is 4.74 Å². The molecule has 7 heteroatoms. The molecule has 0 bridgehead atoms. The van der Waals surface area contributed by atoms with E-state index in [0.29, 0.717) is 13.1 Å². The molecular formula is C33H47N3O3S. The highest BCUT2D eigenvalue weighted by molar-refractivity contribution is 8.01. The van der Waals surface area contributed by atoms with Crippen LogP contribution in [0.15, 0.2) is 58.2 Å². The standard InChI is InChI=1S/C33H47N3O3S/c1-10-22-35-28(34-36(30(35)38)23-25-14-18-26(19-15-25)31(2,3)4)13-11-12-24-16-20-27(21-17-24)40-33(8,9)29(37)39-32(5,6)7/h14-21H,10-13,22-23H2,1-9H3. The van der Waals surface area contributed by atoms with Gasteiger partial charge in [-0.1, -0.05) is 64.1 Å². The van der Waals surface area contributed by atoms with Crippen molar-refractivity contribution in [3.8, 4) is 0 Å². The van der Waals surface area contributed by atoms with E-state index in [1.54, 1.807) is 4.68 Å². The number of hydrogen-bond acceptors (Lipinski definition) is 5. The van der Waals surface area contributed by atoms with Gasteiger partial charge in [0.05, 0.1) is 6.54 Å². The third-order valence-corrected chi connectivity index (χ3v) is 7.84. The Labute approximate surface area is 244 Å². The van der Waals surface area contributed by atoms with Crippen LogP contribution in [0, 0.1) is 0 Å². The summed E-state index contributed by atoms with van der Waals surface area (Å²) in [5.41, 5.74) is 3.14. The van der Waals surface area contributed by atoms with E-state index in [2.05, 4.69) is 76.2 Å². The molecule has 0 N–H and O–H groups in total. The zero-order valence-electron chi connectivity index (χ0n) is 25.8. The first-order valence-electron chi connectivity index (χ1n) is 14.4. The van der Waals surface area contributed by atoms with Crippen molar-refractivity contribution in [2.24, 2.45) is 0 Å². The lowest BCUT2D eigenvalue weighted by Crippen LogP contribution is -2.36. The number of carbonyl (C=O) groups excluding carboxylic acids is 1. The lowest BCUT2D eigenvalue weighted by molar-refractivity contribution is -0.156. The van der Waals surface area contributed by atoms with Crippen LogP contribution in [0.25, 0.3) is 0 Å². The Kier molecular flexibility index (Phi) is 10.2. The molecule has 0 aliphatic carbocycles. The first kappa shape index (κ1) is 31.7. The van der Waals surface area contributed by atoms with Crippen molar-refractivity contribution in [2.45, 2.75) is 122 Å². The second-order valence-corrected chi connectivity index (χ2v) is 14.8. The summed E-state index contributed by atoms with van der Waals surface area (Å²) in [5.74, 6) is 0.637. The Bertz CT molecular complexity index is 1320. The molecule has 0 unspecified atom stereocenters. The molecule has 0 saturated carbocycles. The highest BCUT2D eigenvalue weighted by atomic mass is 32.2. The zero-order valence-corrected chi connectivity index (χ0v) is 26.7. The molecular weight excluding hydrogens is 518 g/mol. The molecule has 0 amide bonds. The third kappa shape index (κ3) is 8.85. The summed E-state index contributed by atoms with van der Waals surface area (Å²) >= 11 is 1.51. The number of benzene rings is 2. The number of thioether (sulfide) groups is 1. The number of aromatic nitrogens is 3. The Morgan fingerprint density at radius 1 is 0.875 bits per heavy atom. The molecule has 3 aromatic rings. The Balaban J connectivity index is 1.62. The molecule has 0 fully saturated rings. The molecule has 3 rings (SSSR count). The molecule has 1 heterocycles. The fourth-order valence-electron chi connectivity index (χ4n) is 4.42. The lowest BCUT2D eigenvalue weighted by atomic mass is 9.87. The van der Waals surface area contributed by atoms with Crippen LogP contribution < -0.4 is 5.69 Å². The lowest BCUT2D eigenvalue weighted by Gasteiger charge is -2.28. The summed E-state index contributed by atoms with van der Waals surface area (Å²) in [5, 5.41) is 4.74. The minimum atomic E-state index is -0.675. The summed E-state index contributed by atoms with van der Waals surface area (Å²) in [7, 11) is 0. The van der Waals surface area contributed by atoms with Crippen molar-refractivity contribution in [1.29, 1.82) is 0 Å². The molecule has 6 nitrogen and oxygen atoms in total. The second-order valence-electron chi connectivity index (χ2n) is 13.1. The van der Waals surface area contributed by atoms with E-state index < -0.39 is 10.3 Å². The van der Waals surface area contributed by atoms with Gasteiger partial charge in [-0.3, -0.25) is 9.36 Å². The van der Waals surface area contributed by atoms with Crippen LogP contribution in [0.5, 0.6) is 0 Å². The summed E-state index contributed by atoms with van der Waals surface area (Å²) in [6, 6.07) is 16.9. The van der Waals surface area contributed by atoms with Crippen molar-refractivity contribution >= 4 is 17.7 Å². The van der Waals surface area contributed by atoms with E-state index in [1.165, 1.54) is 22.9 Å². The molecule has 40 heavy (non-hydrogen) atoms. The van der Waals surface area contributed by atoms with Gasteiger partial charge in [0.2, 0.25) is 0 Å². The summed E-state index contributed by atoms with van der Waals surface area (Å²) in [6.07, 6.45) is 3.42. The summed E-state index contributed by atoms with van der Waals surface area (Å²) in [6.45, 7) is 19.3. The van der Waals surface area contributed by atoms with Gasteiger partial charge in [-0.2, -0.15) is 5.10 Å². The van der Waals surface area contributed by atoms with Crippen molar-refractivity contribution in [3.05, 3.63) is 81.5 Å². The van der Waals surface area contributed by atoms with E-state index in [1.807, 2.05) is 39.2 Å². The molecule has 0 spiro atoms. The minimum Gasteiger partial charge on any atom is -0.459 e. The van der Waals surface area contributed by atoms with Crippen LogP contribution in [-0.4, -0.2) is 30.7 Å². The Hall–Kier alpha value is -2.80. The average Bonchev–Trinajstić information content (AvgIpc) is 3.13. The van der Waals surface area contributed by atoms with Gasteiger partial charge in [-0.25, -0.2) is 9.48 Å². The largest absolute Gasteiger partial charge is 0.459 e. The molecule has 0 aliphatic rings. The summed E-state index contributed by atoms with van der Waals surface area (Å²) in [4.78, 5) is 26.8. The van der Waals surface area contributed by atoms with E-state index in [9.17, 15) is 9.59 Å².